The summed E-state index contributed by atoms with van der Waals surface area (Å²) in [6, 6.07) is 4.31. The van der Waals surface area contributed by atoms with Crippen LogP contribution in [0.1, 0.15) is 0 Å². The number of nitrogens with two attached hydrogens (primary N) is 1. The van der Waals surface area contributed by atoms with E-state index in [1.165, 1.54) is 6.07 Å². The average molecular weight is 346 g/mol. The van der Waals surface area contributed by atoms with Crippen LogP contribution < -0.4 is 10.5 Å². The van der Waals surface area contributed by atoms with Crippen molar-refractivity contribution in [2.75, 3.05) is 5.73 Å². The fraction of sp³-hybridized carbons (Fsp3) is 0. The molecule has 6 nitrogen and oxygen atoms in total. The van der Waals surface area contributed by atoms with Gasteiger partial charge in [-0.1, -0.05) is 15.9 Å². The van der Waals surface area contributed by atoms with Gasteiger partial charge in [0.15, 0.2) is 11.6 Å². The van der Waals surface area contributed by atoms with E-state index in [9.17, 15) is 18.9 Å². The van der Waals surface area contributed by atoms with Crippen LogP contribution in [0.2, 0.25) is 0 Å². The molecule has 2 aromatic rings. The maximum absolute atomic E-state index is 13.5. The fourth-order valence-corrected chi connectivity index (χ4v) is 1.79. The summed E-state index contributed by atoms with van der Waals surface area (Å²) in [6.07, 6.45) is 0. The highest BCUT2D eigenvalue weighted by Crippen LogP contribution is 2.30. The molecule has 0 aliphatic carbocycles. The number of rotatable bonds is 3. The molecule has 0 saturated heterocycles. The van der Waals surface area contributed by atoms with E-state index in [1.54, 1.807) is 0 Å². The number of anilines is 1. The first-order chi connectivity index (χ1) is 9.38. The summed E-state index contributed by atoms with van der Waals surface area (Å²) in [4.78, 5) is 13.4. The van der Waals surface area contributed by atoms with Crippen molar-refractivity contribution in [1.82, 2.24) is 4.98 Å². The summed E-state index contributed by atoms with van der Waals surface area (Å²) < 4.78 is 32.0. The summed E-state index contributed by atoms with van der Waals surface area (Å²) in [5.41, 5.74) is 4.96. The van der Waals surface area contributed by atoms with Crippen molar-refractivity contribution in [2.45, 2.75) is 0 Å². The zero-order valence-corrected chi connectivity index (χ0v) is 11.2. The Bertz CT molecular complexity index is 697. The first-order valence-electron chi connectivity index (χ1n) is 5.12. The van der Waals surface area contributed by atoms with Gasteiger partial charge in [-0.05, 0) is 12.1 Å². The summed E-state index contributed by atoms with van der Waals surface area (Å²) in [6.45, 7) is 0. The predicted molar refractivity (Wildman–Crippen MR) is 69.4 cm³/mol. The minimum Gasteiger partial charge on any atom is -0.436 e. The van der Waals surface area contributed by atoms with Crippen LogP contribution in [0.3, 0.4) is 0 Å². The normalized spacial score (nSPS) is 10.3. The minimum absolute atomic E-state index is 0.190. The van der Waals surface area contributed by atoms with Gasteiger partial charge in [0.2, 0.25) is 17.5 Å². The van der Waals surface area contributed by atoms with Gasteiger partial charge in [0, 0.05) is 16.6 Å². The van der Waals surface area contributed by atoms with Gasteiger partial charge >= 0.3 is 5.69 Å². The minimum atomic E-state index is -1.20. The van der Waals surface area contributed by atoms with E-state index in [-0.39, 0.29) is 16.2 Å². The largest absolute Gasteiger partial charge is 0.436 e. The highest BCUT2D eigenvalue weighted by molar-refractivity contribution is 9.10. The Labute approximate surface area is 119 Å². The molecule has 2 rings (SSSR count). The number of nitro groups is 1. The zero-order chi connectivity index (χ0) is 14.9. The molecule has 0 saturated carbocycles. The van der Waals surface area contributed by atoms with Crippen molar-refractivity contribution in [3.63, 3.8) is 0 Å². The molecular formula is C11H6BrF2N3O3. The number of benzene rings is 1. The quantitative estimate of drug-likeness (QED) is 0.522. The molecule has 0 aliphatic rings. The highest BCUT2D eigenvalue weighted by atomic mass is 79.9. The third-order valence-electron chi connectivity index (χ3n) is 2.25. The monoisotopic (exact) mass is 345 g/mol. The van der Waals surface area contributed by atoms with E-state index >= 15 is 0 Å². The van der Waals surface area contributed by atoms with Crippen molar-refractivity contribution in [1.29, 1.82) is 0 Å². The topological polar surface area (TPSA) is 91.3 Å². The van der Waals surface area contributed by atoms with E-state index in [0.29, 0.717) is 0 Å². The van der Waals surface area contributed by atoms with Crippen LogP contribution in [0.25, 0.3) is 0 Å². The van der Waals surface area contributed by atoms with Gasteiger partial charge in [-0.15, -0.1) is 0 Å². The number of nitrogen functional groups attached to an aromatic ring is 1. The number of hydrogen-bond donors (Lipinski definition) is 1. The van der Waals surface area contributed by atoms with Gasteiger partial charge < -0.3 is 10.5 Å². The van der Waals surface area contributed by atoms with E-state index < -0.39 is 28.0 Å². The number of hydrogen-bond acceptors (Lipinski definition) is 5. The van der Waals surface area contributed by atoms with Gasteiger partial charge in [0.1, 0.15) is 0 Å². The van der Waals surface area contributed by atoms with Crippen LogP contribution in [-0.4, -0.2) is 9.91 Å². The molecule has 1 aromatic carbocycles. The predicted octanol–water partition coefficient (Wildman–Crippen LogP) is 3.41. The van der Waals surface area contributed by atoms with Crippen LogP contribution in [0.4, 0.5) is 20.3 Å². The van der Waals surface area contributed by atoms with Crippen LogP contribution in [0.5, 0.6) is 11.6 Å². The lowest BCUT2D eigenvalue weighted by atomic mass is 10.3. The summed E-state index contributed by atoms with van der Waals surface area (Å²) in [7, 11) is 0. The van der Waals surface area contributed by atoms with Crippen molar-refractivity contribution in [2.24, 2.45) is 0 Å². The third kappa shape index (κ3) is 2.82. The number of aromatic nitrogens is 1. The molecule has 2 N–H and O–H groups in total. The highest BCUT2D eigenvalue weighted by Gasteiger charge is 2.16. The van der Waals surface area contributed by atoms with Crippen molar-refractivity contribution >= 4 is 27.4 Å². The molecule has 104 valence electrons. The molecule has 9 heteroatoms. The first-order valence-corrected chi connectivity index (χ1v) is 5.91. The van der Waals surface area contributed by atoms with Crippen LogP contribution >= 0.6 is 15.9 Å². The molecule has 0 bridgehead atoms. The summed E-state index contributed by atoms with van der Waals surface area (Å²) in [5, 5.41) is 10.6. The van der Waals surface area contributed by atoms with Crippen LogP contribution in [-0.2, 0) is 0 Å². The average Bonchev–Trinajstić information content (AvgIpc) is 2.35. The van der Waals surface area contributed by atoms with Crippen LogP contribution in [0, 0.1) is 21.7 Å². The standard InChI is InChI=1S/C11H6BrF2N3O3/c12-5-3-6(13)10(14)8(4-5)20-9-2-1-7(17(18)19)11(15)16-9/h1-4H,(H2,15,16). The zero-order valence-electron chi connectivity index (χ0n) is 9.64. The number of halogens is 3. The molecular weight excluding hydrogens is 340 g/mol. The molecule has 0 unspecified atom stereocenters. The van der Waals surface area contributed by atoms with Gasteiger partial charge in [-0.2, -0.15) is 9.37 Å². The molecule has 20 heavy (non-hydrogen) atoms. The Hall–Kier alpha value is -2.29. The maximum Gasteiger partial charge on any atom is 0.311 e. The van der Waals surface area contributed by atoms with Crippen LogP contribution in [0.15, 0.2) is 28.7 Å². The van der Waals surface area contributed by atoms with E-state index in [2.05, 4.69) is 20.9 Å². The summed E-state index contributed by atoms with van der Waals surface area (Å²) in [5.74, 6) is -3.30. The molecule has 1 aromatic heterocycles. The van der Waals surface area contributed by atoms with E-state index in [4.69, 9.17) is 10.5 Å². The smallest absolute Gasteiger partial charge is 0.311 e. The second kappa shape index (κ2) is 5.37. The van der Waals surface area contributed by atoms with Crippen molar-refractivity contribution in [3.8, 4) is 11.6 Å². The van der Waals surface area contributed by atoms with Gasteiger partial charge in [-0.3, -0.25) is 10.1 Å². The third-order valence-corrected chi connectivity index (χ3v) is 2.71. The number of pyridine rings is 1. The Balaban J connectivity index is 2.36. The number of nitrogens with zero attached hydrogens (tertiary/aromatic N) is 2. The van der Waals surface area contributed by atoms with Crippen molar-refractivity contribution < 1.29 is 18.4 Å². The molecule has 0 aliphatic heterocycles. The Morgan fingerprint density at radius 3 is 2.65 bits per heavy atom. The Morgan fingerprint density at radius 2 is 2.05 bits per heavy atom. The van der Waals surface area contributed by atoms with E-state index in [1.807, 2.05) is 0 Å². The summed E-state index contributed by atoms with van der Waals surface area (Å²) >= 11 is 2.98. The Kier molecular flexibility index (Phi) is 3.79. The molecule has 0 atom stereocenters. The fourth-order valence-electron chi connectivity index (χ4n) is 1.38. The second-order valence-electron chi connectivity index (χ2n) is 3.61. The molecule has 0 radical (unpaired) electrons. The first kappa shape index (κ1) is 14.1. The molecule has 1 heterocycles. The van der Waals surface area contributed by atoms with Gasteiger partial charge in [0.25, 0.3) is 0 Å². The molecule has 0 fully saturated rings. The lowest BCUT2D eigenvalue weighted by Gasteiger charge is -2.07. The number of ether oxygens (including phenoxy) is 1. The van der Waals surface area contributed by atoms with E-state index in [0.717, 1.165) is 18.2 Å². The van der Waals surface area contributed by atoms with Crippen molar-refractivity contribution in [3.05, 3.63) is 50.5 Å². The molecule has 0 spiro atoms. The lowest BCUT2D eigenvalue weighted by Crippen LogP contribution is -2.00. The van der Waals surface area contributed by atoms with Gasteiger partial charge in [0.05, 0.1) is 4.92 Å². The molecule has 0 amide bonds. The van der Waals surface area contributed by atoms with Gasteiger partial charge in [-0.25, -0.2) is 4.39 Å². The Morgan fingerprint density at radius 1 is 1.35 bits per heavy atom. The lowest BCUT2D eigenvalue weighted by molar-refractivity contribution is -0.384. The SMILES string of the molecule is Nc1nc(Oc2cc(Br)cc(F)c2F)ccc1[N+](=O)[O-]. The second-order valence-corrected chi connectivity index (χ2v) is 4.53. The maximum atomic E-state index is 13.5.